The minimum atomic E-state index is -0.281. The van der Waals surface area contributed by atoms with Crippen LogP contribution in [-0.4, -0.2) is 40.8 Å². The van der Waals surface area contributed by atoms with Crippen molar-refractivity contribution < 1.29 is 9.18 Å². The van der Waals surface area contributed by atoms with Crippen molar-refractivity contribution in [1.29, 1.82) is 0 Å². The van der Waals surface area contributed by atoms with Gasteiger partial charge >= 0.3 is 6.03 Å². The molecule has 1 N–H and O–H groups in total. The summed E-state index contributed by atoms with van der Waals surface area (Å²) in [5, 5.41) is 7.19. The molecule has 0 saturated heterocycles. The summed E-state index contributed by atoms with van der Waals surface area (Å²) in [4.78, 5) is 14.1. The average molecular weight is 358 g/mol. The summed E-state index contributed by atoms with van der Waals surface area (Å²) in [5.74, 6) is -0.170. The molecule has 1 fully saturated rings. The molecule has 5 nitrogen and oxygen atoms in total. The highest BCUT2D eigenvalue weighted by Crippen LogP contribution is 2.41. The number of nitrogens with zero attached hydrogens (tertiary/aromatic N) is 3. The van der Waals surface area contributed by atoms with Gasteiger partial charge in [-0.1, -0.05) is 31.0 Å². The van der Waals surface area contributed by atoms with E-state index >= 15 is 0 Å². The van der Waals surface area contributed by atoms with Gasteiger partial charge in [0.15, 0.2) is 0 Å². The Hall–Kier alpha value is -2.37. The van der Waals surface area contributed by atoms with Crippen LogP contribution in [-0.2, 0) is 12.0 Å². The van der Waals surface area contributed by atoms with Crippen LogP contribution in [0.5, 0.6) is 0 Å². The van der Waals surface area contributed by atoms with Crippen LogP contribution in [0, 0.1) is 5.82 Å². The molecule has 2 amide bonds. The van der Waals surface area contributed by atoms with E-state index in [0.717, 1.165) is 44.2 Å². The third-order valence-electron chi connectivity index (χ3n) is 5.37. The number of nitrogens with one attached hydrogen (secondary N) is 1. The molecule has 6 heteroatoms. The van der Waals surface area contributed by atoms with Crippen LogP contribution < -0.4 is 5.32 Å². The molecule has 26 heavy (non-hydrogen) atoms. The lowest BCUT2D eigenvalue weighted by molar-refractivity contribution is 0.203. The van der Waals surface area contributed by atoms with Gasteiger partial charge in [-0.05, 0) is 37.0 Å². The number of amides is 2. The Labute approximate surface area is 154 Å². The molecule has 1 saturated carbocycles. The first kappa shape index (κ1) is 18.4. The van der Waals surface area contributed by atoms with Gasteiger partial charge in [0.25, 0.3) is 0 Å². The van der Waals surface area contributed by atoms with Crippen LogP contribution in [0.2, 0.25) is 0 Å². The number of carbonyl (C=O) groups excluding carboxylic acids is 1. The summed E-state index contributed by atoms with van der Waals surface area (Å²) in [6.07, 6.45) is 8.48. The van der Waals surface area contributed by atoms with Gasteiger partial charge in [-0.25, -0.2) is 9.18 Å². The third-order valence-corrected chi connectivity index (χ3v) is 5.37. The maximum absolute atomic E-state index is 14.3. The van der Waals surface area contributed by atoms with Gasteiger partial charge < -0.3 is 10.2 Å². The Balaban J connectivity index is 1.54. The molecule has 140 valence electrons. The number of halogens is 1. The highest BCUT2D eigenvalue weighted by Gasteiger charge is 2.37. The molecular weight excluding hydrogens is 331 g/mol. The number of aryl methyl sites for hydroxylation is 1. The fourth-order valence-corrected chi connectivity index (χ4v) is 3.87. The number of hydrogen-bond donors (Lipinski definition) is 1. The minimum absolute atomic E-state index is 0.104. The maximum Gasteiger partial charge on any atom is 0.317 e. The molecule has 0 radical (unpaired) electrons. The lowest BCUT2D eigenvalue weighted by Gasteiger charge is -2.31. The standard InChI is InChI=1S/C20H27FN4O/c1-24(13-7-15-25-14-6-12-23-25)19(26)22-16-20(10-4-5-11-20)17-8-2-3-9-18(17)21/h2-3,6,8-9,12,14H,4-5,7,10-11,13,15-16H2,1H3,(H,22,26). The zero-order valence-corrected chi connectivity index (χ0v) is 15.3. The van der Waals surface area contributed by atoms with Crippen LogP contribution in [0.25, 0.3) is 0 Å². The van der Waals surface area contributed by atoms with E-state index in [1.165, 1.54) is 6.07 Å². The van der Waals surface area contributed by atoms with Crippen molar-refractivity contribution in [3.8, 4) is 0 Å². The normalized spacial score (nSPS) is 15.8. The van der Waals surface area contributed by atoms with Crippen LogP contribution in [0.15, 0.2) is 42.7 Å². The lowest BCUT2D eigenvalue weighted by atomic mass is 9.78. The second-order valence-electron chi connectivity index (χ2n) is 7.17. The van der Waals surface area contributed by atoms with Crippen LogP contribution in [0.4, 0.5) is 9.18 Å². The molecule has 1 aromatic heterocycles. The van der Waals surface area contributed by atoms with Gasteiger partial charge in [-0.2, -0.15) is 5.10 Å². The van der Waals surface area contributed by atoms with Gasteiger partial charge in [0, 0.05) is 44.5 Å². The number of rotatable bonds is 7. The summed E-state index contributed by atoms with van der Waals surface area (Å²) >= 11 is 0. The predicted octanol–water partition coefficient (Wildman–Crippen LogP) is 3.57. The van der Waals surface area contributed by atoms with Crippen LogP contribution in [0.3, 0.4) is 0 Å². The monoisotopic (exact) mass is 358 g/mol. The van der Waals surface area contributed by atoms with E-state index in [9.17, 15) is 9.18 Å². The topological polar surface area (TPSA) is 50.2 Å². The third kappa shape index (κ3) is 4.23. The number of urea groups is 1. The van der Waals surface area contributed by atoms with Crippen LogP contribution >= 0.6 is 0 Å². The van der Waals surface area contributed by atoms with Crippen LogP contribution in [0.1, 0.15) is 37.7 Å². The van der Waals surface area contributed by atoms with Gasteiger partial charge in [0.2, 0.25) is 0 Å². The molecule has 2 aromatic rings. The summed E-state index contributed by atoms with van der Waals surface area (Å²) in [6.45, 7) is 1.92. The summed E-state index contributed by atoms with van der Waals surface area (Å²) < 4.78 is 16.2. The first-order valence-electron chi connectivity index (χ1n) is 9.32. The highest BCUT2D eigenvalue weighted by molar-refractivity contribution is 5.74. The van der Waals surface area contributed by atoms with Crippen molar-refractivity contribution in [2.75, 3.05) is 20.1 Å². The average Bonchev–Trinajstić information content (AvgIpc) is 3.32. The van der Waals surface area contributed by atoms with Crippen molar-refractivity contribution in [2.45, 2.75) is 44.1 Å². The van der Waals surface area contributed by atoms with Gasteiger partial charge in [0.1, 0.15) is 5.82 Å². The predicted molar refractivity (Wildman–Crippen MR) is 99.4 cm³/mol. The molecule has 3 rings (SSSR count). The molecule has 0 aliphatic heterocycles. The molecule has 1 aliphatic rings. The Morgan fingerprint density at radius 3 is 2.77 bits per heavy atom. The minimum Gasteiger partial charge on any atom is -0.337 e. The van der Waals surface area contributed by atoms with E-state index in [0.29, 0.717) is 13.1 Å². The summed E-state index contributed by atoms with van der Waals surface area (Å²) in [6, 6.07) is 8.75. The zero-order chi connectivity index (χ0) is 18.4. The Kier molecular flexibility index (Phi) is 5.91. The van der Waals surface area contributed by atoms with Crippen molar-refractivity contribution in [1.82, 2.24) is 20.0 Å². The van der Waals surface area contributed by atoms with Crippen molar-refractivity contribution >= 4 is 6.03 Å². The zero-order valence-electron chi connectivity index (χ0n) is 15.3. The summed E-state index contributed by atoms with van der Waals surface area (Å²) in [5.41, 5.74) is 0.454. The first-order valence-corrected chi connectivity index (χ1v) is 9.32. The van der Waals surface area contributed by atoms with Crippen molar-refractivity contribution in [2.24, 2.45) is 0 Å². The molecule has 0 atom stereocenters. The van der Waals surface area contributed by atoms with E-state index in [-0.39, 0.29) is 17.3 Å². The largest absolute Gasteiger partial charge is 0.337 e. The van der Waals surface area contributed by atoms with E-state index < -0.39 is 0 Å². The molecular formula is C20H27FN4O. The van der Waals surface area contributed by atoms with Gasteiger partial charge in [-0.15, -0.1) is 0 Å². The fourth-order valence-electron chi connectivity index (χ4n) is 3.87. The van der Waals surface area contributed by atoms with E-state index in [1.807, 2.05) is 29.1 Å². The second-order valence-corrected chi connectivity index (χ2v) is 7.17. The molecule has 0 spiro atoms. The molecule has 0 unspecified atom stereocenters. The van der Waals surface area contributed by atoms with Crippen molar-refractivity contribution in [3.05, 3.63) is 54.1 Å². The number of benzene rings is 1. The Morgan fingerprint density at radius 2 is 2.08 bits per heavy atom. The second kappa shape index (κ2) is 8.34. The number of carbonyl (C=O) groups is 1. The fraction of sp³-hybridized carbons (Fsp3) is 0.500. The quantitative estimate of drug-likeness (QED) is 0.823. The number of hydrogen-bond acceptors (Lipinski definition) is 2. The van der Waals surface area contributed by atoms with E-state index in [2.05, 4.69) is 10.4 Å². The van der Waals surface area contributed by atoms with Gasteiger partial charge in [-0.3, -0.25) is 4.68 Å². The SMILES string of the molecule is CN(CCCn1cccn1)C(=O)NCC1(c2ccccc2F)CCCC1. The smallest absolute Gasteiger partial charge is 0.317 e. The lowest BCUT2D eigenvalue weighted by Crippen LogP contribution is -2.45. The molecule has 1 aromatic carbocycles. The first-order chi connectivity index (χ1) is 12.6. The Morgan fingerprint density at radius 1 is 1.31 bits per heavy atom. The highest BCUT2D eigenvalue weighted by atomic mass is 19.1. The maximum atomic E-state index is 14.3. The van der Waals surface area contributed by atoms with E-state index in [1.54, 1.807) is 24.2 Å². The van der Waals surface area contributed by atoms with E-state index in [4.69, 9.17) is 0 Å². The molecule has 0 bridgehead atoms. The molecule has 1 aliphatic carbocycles. The molecule has 1 heterocycles. The van der Waals surface area contributed by atoms with Gasteiger partial charge in [0.05, 0.1) is 0 Å². The Bertz CT molecular complexity index is 710. The number of aromatic nitrogens is 2. The van der Waals surface area contributed by atoms with Crippen molar-refractivity contribution in [3.63, 3.8) is 0 Å². The summed E-state index contributed by atoms with van der Waals surface area (Å²) in [7, 11) is 1.79.